The van der Waals surface area contributed by atoms with Gasteiger partial charge in [0.2, 0.25) is 0 Å². The number of amides is 4. The lowest BCUT2D eigenvalue weighted by atomic mass is 9.95. The second-order valence-electron chi connectivity index (χ2n) is 10.1. The summed E-state index contributed by atoms with van der Waals surface area (Å²) in [4.78, 5) is 46.9. The molecule has 3 aliphatic heterocycles. The van der Waals surface area contributed by atoms with E-state index in [1.165, 1.54) is 18.1 Å². The van der Waals surface area contributed by atoms with Gasteiger partial charge in [-0.15, -0.1) is 0 Å². The van der Waals surface area contributed by atoms with Crippen molar-refractivity contribution in [1.29, 1.82) is 0 Å². The smallest absolute Gasteiger partial charge is 0.322 e. The molecule has 13 heteroatoms. The maximum atomic E-state index is 14.9. The Labute approximate surface area is 228 Å². The summed E-state index contributed by atoms with van der Waals surface area (Å²) in [6.07, 6.45) is 1.31. The molecule has 0 unspecified atom stereocenters. The van der Waals surface area contributed by atoms with Gasteiger partial charge in [0.25, 0.3) is 11.8 Å². The predicted octanol–water partition coefficient (Wildman–Crippen LogP) is 2.26. The van der Waals surface area contributed by atoms with Gasteiger partial charge < -0.3 is 33.7 Å². The van der Waals surface area contributed by atoms with Gasteiger partial charge in [0, 0.05) is 52.8 Å². The molecule has 0 aliphatic carbocycles. The summed E-state index contributed by atoms with van der Waals surface area (Å²) in [7, 11) is 4.58. The van der Waals surface area contributed by atoms with Crippen LogP contribution in [0.1, 0.15) is 34.5 Å². The standard InChI is InChI=1S/C27H28FN5O7/c1-37-18-5-4-15-13-33(23(34)21(15)22(18)28)14-27(24(35)30-25(36)31-27)19-12-16-17(40-19)6-7-20(29-16)32-10-8-26(38-2,39-3)9-11-32/h4-7,12H,8-11,13-14H2,1-3H3,(H2,30,31,35,36)/t27-/m0/s1. The van der Waals surface area contributed by atoms with Crippen molar-refractivity contribution < 1.29 is 37.4 Å². The van der Waals surface area contributed by atoms with Gasteiger partial charge in [-0.1, -0.05) is 6.07 Å². The number of benzene rings is 1. The minimum atomic E-state index is -1.74. The minimum Gasteiger partial charge on any atom is -0.494 e. The first-order valence-corrected chi connectivity index (χ1v) is 12.8. The fourth-order valence-corrected chi connectivity index (χ4v) is 5.69. The van der Waals surface area contributed by atoms with E-state index >= 15 is 0 Å². The summed E-state index contributed by atoms with van der Waals surface area (Å²) in [5, 5.41) is 4.87. The molecule has 6 rings (SSSR count). The summed E-state index contributed by atoms with van der Waals surface area (Å²) < 4.78 is 37.1. The van der Waals surface area contributed by atoms with Crippen LogP contribution in [0.5, 0.6) is 5.75 Å². The number of hydrogen-bond acceptors (Lipinski definition) is 9. The molecule has 0 radical (unpaired) electrons. The maximum absolute atomic E-state index is 14.9. The van der Waals surface area contributed by atoms with E-state index in [1.54, 1.807) is 32.4 Å². The lowest BCUT2D eigenvalue weighted by Gasteiger charge is -2.40. The molecule has 210 valence electrons. The molecule has 4 amide bonds. The van der Waals surface area contributed by atoms with E-state index in [4.69, 9.17) is 23.6 Å². The number of aromatic nitrogens is 1. The van der Waals surface area contributed by atoms with E-state index < -0.39 is 35.0 Å². The first kappa shape index (κ1) is 26.0. The molecule has 0 bridgehead atoms. The molecule has 1 atom stereocenters. The second-order valence-corrected chi connectivity index (χ2v) is 10.1. The number of carbonyl (C=O) groups excluding carboxylic acids is 3. The number of rotatable bonds is 7. The molecular formula is C27H28FN5O7. The number of nitrogens with one attached hydrogen (secondary N) is 2. The molecule has 2 N–H and O–H groups in total. The molecule has 12 nitrogen and oxygen atoms in total. The van der Waals surface area contributed by atoms with Crippen LogP contribution in [-0.2, 0) is 26.4 Å². The van der Waals surface area contributed by atoms with Crippen molar-refractivity contribution in [3.63, 3.8) is 0 Å². The lowest BCUT2D eigenvalue weighted by molar-refractivity contribution is -0.216. The van der Waals surface area contributed by atoms with Crippen LogP contribution in [-0.4, -0.2) is 74.5 Å². The number of carbonyl (C=O) groups is 3. The molecule has 2 saturated heterocycles. The van der Waals surface area contributed by atoms with Gasteiger partial charge in [-0.2, -0.15) is 0 Å². The summed E-state index contributed by atoms with van der Waals surface area (Å²) in [5.74, 6) is -1.94. The number of ether oxygens (including phenoxy) is 3. The highest BCUT2D eigenvalue weighted by Crippen LogP contribution is 2.37. The Bertz CT molecular complexity index is 1530. The number of anilines is 1. The van der Waals surface area contributed by atoms with Gasteiger partial charge >= 0.3 is 6.03 Å². The third kappa shape index (κ3) is 3.95. The van der Waals surface area contributed by atoms with Gasteiger partial charge in [-0.05, 0) is 23.8 Å². The van der Waals surface area contributed by atoms with Crippen molar-refractivity contribution in [3.8, 4) is 5.75 Å². The first-order chi connectivity index (χ1) is 19.2. The number of imide groups is 1. The van der Waals surface area contributed by atoms with Crippen LogP contribution < -0.4 is 20.3 Å². The highest BCUT2D eigenvalue weighted by molar-refractivity contribution is 6.08. The molecule has 40 heavy (non-hydrogen) atoms. The molecule has 3 aliphatic rings. The topological polar surface area (TPSA) is 135 Å². The molecule has 5 heterocycles. The Hall–Kier alpha value is -4.23. The van der Waals surface area contributed by atoms with Gasteiger partial charge in [0.15, 0.2) is 28.5 Å². The van der Waals surface area contributed by atoms with Crippen molar-refractivity contribution in [2.45, 2.75) is 30.7 Å². The van der Waals surface area contributed by atoms with Crippen molar-refractivity contribution in [3.05, 3.63) is 53.0 Å². The van der Waals surface area contributed by atoms with Gasteiger partial charge in [-0.25, -0.2) is 14.2 Å². The highest BCUT2D eigenvalue weighted by Gasteiger charge is 2.53. The monoisotopic (exact) mass is 553 g/mol. The van der Waals surface area contributed by atoms with Gasteiger partial charge in [-0.3, -0.25) is 14.9 Å². The van der Waals surface area contributed by atoms with Gasteiger partial charge in [0.05, 0.1) is 19.2 Å². The first-order valence-electron chi connectivity index (χ1n) is 12.8. The zero-order valence-corrected chi connectivity index (χ0v) is 22.2. The highest BCUT2D eigenvalue weighted by atomic mass is 19.1. The van der Waals surface area contributed by atoms with Crippen LogP contribution in [0.25, 0.3) is 11.1 Å². The Morgan fingerprint density at radius 1 is 1.07 bits per heavy atom. The van der Waals surface area contributed by atoms with E-state index in [9.17, 15) is 18.8 Å². The number of piperidine rings is 1. The lowest BCUT2D eigenvalue weighted by Crippen LogP contribution is -2.52. The third-order valence-electron chi connectivity index (χ3n) is 8.02. The normalized spacial score (nSPS) is 22.1. The Morgan fingerprint density at radius 3 is 2.48 bits per heavy atom. The molecule has 0 saturated carbocycles. The van der Waals surface area contributed by atoms with Crippen LogP contribution >= 0.6 is 0 Å². The van der Waals surface area contributed by atoms with Crippen LogP contribution in [0.2, 0.25) is 0 Å². The van der Waals surface area contributed by atoms with Crippen LogP contribution in [0.15, 0.2) is 34.7 Å². The fraction of sp³-hybridized carbons (Fsp3) is 0.407. The number of furan rings is 1. The van der Waals surface area contributed by atoms with Crippen molar-refractivity contribution >= 4 is 34.8 Å². The average molecular weight is 554 g/mol. The number of fused-ring (bicyclic) bond motifs is 2. The van der Waals surface area contributed by atoms with E-state index in [2.05, 4.69) is 15.5 Å². The Kier molecular flexibility index (Phi) is 6.15. The largest absolute Gasteiger partial charge is 0.494 e. The molecule has 0 spiro atoms. The number of halogens is 1. The molecule has 3 aromatic rings. The molecule has 2 fully saturated rings. The zero-order chi connectivity index (χ0) is 28.2. The van der Waals surface area contributed by atoms with Gasteiger partial charge in [0.1, 0.15) is 17.1 Å². The third-order valence-corrected chi connectivity index (χ3v) is 8.02. The molecule has 2 aromatic heterocycles. The number of hydrogen-bond donors (Lipinski definition) is 2. The summed E-state index contributed by atoms with van der Waals surface area (Å²) in [6, 6.07) is 7.46. The second kappa shape index (κ2) is 9.45. The minimum absolute atomic E-state index is 0.0437. The SMILES string of the molecule is COc1ccc2c(c1F)C(=O)N(C[C@@]1(c3cc4nc(N5CCC(OC)(OC)CC5)ccc4o3)NC(=O)NC1=O)C2. The van der Waals surface area contributed by atoms with E-state index in [-0.39, 0.29) is 30.2 Å². The van der Waals surface area contributed by atoms with Crippen molar-refractivity contribution in [1.82, 2.24) is 20.5 Å². The summed E-state index contributed by atoms with van der Waals surface area (Å²) in [6.45, 7) is 1.08. The Morgan fingerprint density at radius 2 is 1.82 bits per heavy atom. The van der Waals surface area contributed by atoms with Crippen LogP contribution in [0, 0.1) is 5.82 Å². The molecular weight excluding hydrogens is 525 g/mol. The predicted molar refractivity (Wildman–Crippen MR) is 138 cm³/mol. The van der Waals surface area contributed by atoms with Crippen molar-refractivity contribution in [2.24, 2.45) is 0 Å². The van der Waals surface area contributed by atoms with Crippen LogP contribution in [0.4, 0.5) is 15.0 Å². The summed E-state index contributed by atoms with van der Waals surface area (Å²) >= 11 is 0. The molecule has 1 aromatic carbocycles. The summed E-state index contributed by atoms with van der Waals surface area (Å²) in [5.41, 5.74) is -0.533. The number of methoxy groups -OCH3 is 3. The average Bonchev–Trinajstić information content (AvgIpc) is 3.62. The zero-order valence-electron chi connectivity index (χ0n) is 22.2. The number of pyridine rings is 1. The number of urea groups is 1. The van der Waals surface area contributed by atoms with E-state index in [0.29, 0.717) is 48.4 Å². The number of nitrogens with zero attached hydrogens (tertiary/aromatic N) is 3. The van der Waals surface area contributed by atoms with E-state index in [1.807, 2.05) is 6.07 Å². The Balaban J connectivity index is 1.31. The van der Waals surface area contributed by atoms with Crippen LogP contribution in [0.3, 0.4) is 0 Å². The fourth-order valence-electron chi connectivity index (χ4n) is 5.69. The van der Waals surface area contributed by atoms with Crippen molar-refractivity contribution in [2.75, 3.05) is 45.9 Å². The quantitative estimate of drug-likeness (QED) is 0.334. The maximum Gasteiger partial charge on any atom is 0.322 e. The van der Waals surface area contributed by atoms with E-state index in [0.717, 1.165) is 0 Å².